The van der Waals surface area contributed by atoms with Crippen LogP contribution in [0.3, 0.4) is 0 Å². The number of nitrogens with one attached hydrogen (secondary N) is 3. The van der Waals surface area contributed by atoms with E-state index in [2.05, 4.69) is 31.9 Å². The summed E-state index contributed by atoms with van der Waals surface area (Å²) in [5.74, 6) is -0.353. The molecule has 17 heavy (non-hydrogen) atoms. The molecule has 3 N–H and O–H groups in total. The fourth-order valence-electron chi connectivity index (χ4n) is 1.27. The molecular weight excluding hydrogens is 286 g/mol. The summed E-state index contributed by atoms with van der Waals surface area (Å²) in [6.07, 6.45) is 0. The van der Waals surface area contributed by atoms with Crippen LogP contribution in [-0.4, -0.2) is 25.4 Å². The van der Waals surface area contributed by atoms with Crippen LogP contribution in [-0.2, 0) is 9.59 Å². The van der Waals surface area contributed by atoms with Crippen molar-refractivity contribution in [1.82, 2.24) is 5.32 Å². The van der Waals surface area contributed by atoms with E-state index in [4.69, 9.17) is 0 Å². The van der Waals surface area contributed by atoms with E-state index in [-0.39, 0.29) is 18.4 Å². The first-order chi connectivity index (χ1) is 8.02. The maximum atomic E-state index is 11.5. The lowest BCUT2D eigenvalue weighted by Crippen LogP contribution is -2.25. The summed E-state index contributed by atoms with van der Waals surface area (Å²) in [5.41, 5.74) is 1.14. The summed E-state index contributed by atoms with van der Waals surface area (Å²) < 4.78 is 0.825. The fraction of sp³-hybridized carbons (Fsp3) is 0.273. The third-order valence-electron chi connectivity index (χ3n) is 1.90. The van der Waals surface area contributed by atoms with Crippen LogP contribution in [0.25, 0.3) is 0 Å². The van der Waals surface area contributed by atoms with Crippen molar-refractivity contribution in [2.24, 2.45) is 0 Å². The van der Waals surface area contributed by atoms with Crippen molar-refractivity contribution >= 4 is 39.1 Å². The second-order valence-corrected chi connectivity index (χ2v) is 4.37. The monoisotopic (exact) mass is 299 g/mol. The normalized spacial score (nSPS) is 9.82. The number of rotatable bonds is 4. The van der Waals surface area contributed by atoms with Gasteiger partial charge in [-0.15, -0.1) is 0 Å². The zero-order valence-electron chi connectivity index (χ0n) is 9.63. The molecule has 0 radical (unpaired) electrons. The number of carbonyl (C=O) groups is 2. The molecule has 1 aromatic carbocycles. The maximum absolute atomic E-state index is 11.5. The van der Waals surface area contributed by atoms with Gasteiger partial charge in [-0.3, -0.25) is 9.59 Å². The largest absolute Gasteiger partial charge is 0.325 e. The first kappa shape index (κ1) is 13.7. The maximum Gasteiger partial charge on any atom is 0.238 e. The van der Waals surface area contributed by atoms with Crippen molar-refractivity contribution in [2.75, 3.05) is 24.2 Å². The predicted molar refractivity (Wildman–Crippen MR) is 71.0 cm³/mol. The molecule has 0 bridgehead atoms. The molecule has 0 saturated heterocycles. The number of hydrogen-bond acceptors (Lipinski definition) is 3. The summed E-state index contributed by atoms with van der Waals surface area (Å²) in [6.45, 7) is 1.63. The van der Waals surface area contributed by atoms with Crippen LogP contribution in [0.2, 0.25) is 0 Å². The summed E-state index contributed by atoms with van der Waals surface area (Å²) in [7, 11) is 1.69. The van der Waals surface area contributed by atoms with Crippen LogP contribution in [0.1, 0.15) is 6.92 Å². The van der Waals surface area contributed by atoms with E-state index in [1.807, 2.05) is 0 Å². The minimum atomic E-state index is -0.184. The van der Waals surface area contributed by atoms with Crippen LogP contribution in [0.5, 0.6) is 0 Å². The highest BCUT2D eigenvalue weighted by atomic mass is 79.9. The van der Waals surface area contributed by atoms with Gasteiger partial charge in [-0.2, -0.15) is 0 Å². The molecule has 2 amide bonds. The Morgan fingerprint density at radius 3 is 2.53 bits per heavy atom. The number of carbonyl (C=O) groups excluding carboxylic acids is 2. The van der Waals surface area contributed by atoms with Crippen molar-refractivity contribution < 1.29 is 9.59 Å². The zero-order valence-corrected chi connectivity index (χ0v) is 11.2. The van der Waals surface area contributed by atoms with Crippen molar-refractivity contribution in [1.29, 1.82) is 0 Å². The summed E-state index contributed by atoms with van der Waals surface area (Å²) >= 11 is 3.31. The average molecular weight is 300 g/mol. The van der Waals surface area contributed by atoms with Gasteiger partial charge in [0.05, 0.1) is 17.9 Å². The number of benzene rings is 1. The fourth-order valence-corrected chi connectivity index (χ4v) is 1.63. The van der Waals surface area contributed by atoms with Gasteiger partial charge in [0.25, 0.3) is 0 Å². The Kier molecular flexibility index (Phi) is 5.11. The van der Waals surface area contributed by atoms with Gasteiger partial charge >= 0.3 is 0 Å². The molecule has 1 rings (SSSR count). The lowest BCUT2D eigenvalue weighted by molar-refractivity contribution is -0.115. The van der Waals surface area contributed by atoms with Crippen LogP contribution in [0, 0.1) is 0 Å². The Morgan fingerprint density at radius 2 is 1.94 bits per heavy atom. The summed E-state index contributed by atoms with van der Waals surface area (Å²) in [5, 5.41) is 8.12. The minimum Gasteiger partial charge on any atom is -0.325 e. The third-order valence-corrected chi connectivity index (χ3v) is 2.40. The smallest absolute Gasteiger partial charge is 0.238 e. The lowest BCUT2D eigenvalue weighted by Gasteiger charge is -2.11. The highest BCUT2D eigenvalue weighted by molar-refractivity contribution is 9.10. The van der Waals surface area contributed by atoms with Crippen molar-refractivity contribution in [3.63, 3.8) is 0 Å². The lowest BCUT2D eigenvalue weighted by atomic mass is 10.2. The van der Waals surface area contributed by atoms with E-state index >= 15 is 0 Å². The second-order valence-electron chi connectivity index (χ2n) is 3.45. The van der Waals surface area contributed by atoms with Gasteiger partial charge in [-0.05, 0) is 25.2 Å². The molecule has 0 atom stereocenters. The summed E-state index contributed by atoms with van der Waals surface area (Å²) in [4.78, 5) is 22.5. The number of amides is 2. The van der Waals surface area contributed by atoms with Crippen LogP contribution < -0.4 is 16.0 Å². The van der Waals surface area contributed by atoms with Crippen LogP contribution in [0.4, 0.5) is 11.4 Å². The molecule has 0 aliphatic rings. The molecule has 0 aliphatic heterocycles. The van der Waals surface area contributed by atoms with Crippen molar-refractivity contribution in [3.05, 3.63) is 22.7 Å². The third kappa shape index (κ3) is 4.54. The molecule has 0 fully saturated rings. The van der Waals surface area contributed by atoms with Crippen LogP contribution in [0.15, 0.2) is 22.7 Å². The van der Waals surface area contributed by atoms with Gasteiger partial charge in [0.15, 0.2) is 0 Å². The number of likely N-dealkylation sites (N-methyl/N-ethyl adjacent to an activating group) is 1. The molecule has 0 aliphatic carbocycles. The molecule has 5 nitrogen and oxygen atoms in total. The van der Waals surface area contributed by atoms with Gasteiger partial charge in [0.2, 0.25) is 11.8 Å². The highest BCUT2D eigenvalue weighted by Gasteiger charge is 2.08. The number of hydrogen-bond donors (Lipinski definition) is 3. The molecular formula is C11H14BrN3O2. The molecule has 0 aromatic heterocycles. The average Bonchev–Trinajstić information content (AvgIpc) is 2.22. The van der Waals surface area contributed by atoms with E-state index in [1.165, 1.54) is 6.92 Å². The summed E-state index contributed by atoms with van der Waals surface area (Å²) in [6, 6.07) is 5.25. The van der Waals surface area contributed by atoms with Crippen LogP contribution >= 0.6 is 15.9 Å². The Morgan fingerprint density at radius 1 is 1.24 bits per heavy atom. The molecule has 0 saturated carbocycles. The Hall–Kier alpha value is -1.40. The quantitative estimate of drug-likeness (QED) is 0.790. The predicted octanol–water partition coefficient (Wildman–Crippen LogP) is 1.57. The first-order valence-electron chi connectivity index (χ1n) is 5.04. The van der Waals surface area contributed by atoms with Gasteiger partial charge in [0, 0.05) is 11.4 Å². The molecule has 0 heterocycles. The SMILES string of the molecule is CNCC(=O)Nc1cc(Br)ccc1NC(C)=O. The van der Waals surface area contributed by atoms with Gasteiger partial charge in [-0.1, -0.05) is 15.9 Å². The Balaban J connectivity index is 2.90. The van der Waals surface area contributed by atoms with E-state index < -0.39 is 0 Å². The first-order valence-corrected chi connectivity index (χ1v) is 5.84. The van der Waals surface area contributed by atoms with Gasteiger partial charge < -0.3 is 16.0 Å². The second kappa shape index (κ2) is 6.36. The minimum absolute atomic E-state index is 0.169. The van der Waals surface area contributed by atoms with E-state index in [9.17, 15) is 9.59 Å². The number of anilines is 2. The molecule has 0 unspecified atom stereocenters. The zero-order chi connectivity index (χ0) is 12.8. The van der Waals surface area contributed by atoms with Gasteiger partial charge in [-0.25, -0.2) is 0 Å². The Labute approximate surface area is 108 Å². The Bertz CT molecular complexity index is 435. The van der Waals surface area contributed by atoms with E-state index in [0.29, 0.717) is 11.4 Å². The standard InChI is InChI=1S/C11H14BrN3O2/c1-7(16)14-9-4-3-8(12)5-10(9)15-11(17)6-13-2/h3-5,13H,6H2,1-2H3,(H,14,16)(H,15,17). The molecule has 6 heteroatoms. The van der Waals surface area contributed by atoms with Crippen molar-refractivity contribution in [3.8, 4) is 0 Å². The van der Waals surface area contributed by atoms with E-state index in [0.717, 1.165) is 4.47 Å². The molecule has 92 valence electrons. The number of halogens is 1. The molecule has 0 spiro atoms. The van der Waals surface area contributed by atoms with Gasteiger partial charge in [0.1, 0.15) is 0 Å². The molecule has 1 aromatic rings. The topological polar surface area (TPSA) is 70.2 Å². The van der Waals surface area contributed by atoms with E-state index in [1.54, 1.807) is 25.2 Å². The highest BCUT2D eigenvalue weighted by Crippen LogP contribution is 2.25. The van der Waals surface area contributed by atoms with Crippen molar-refractivity contribution in [2.45, 2.75) is 6.92 Å².